The second-order valence-corrected chi connectivity index (χ2v) is 5.58. The molecule has 1 fully saturated rings. The summed E-state index contributed by atoms with van der Waals surface area (Å²) in [5, 5.41) is 3.07. The maximum Gasteiger partial charge on any atom is 0.237 e. The third-order valence-corrected chi connectivity index (χ3v) is 4.29. The molecule has 1 N–H and O–H groups in total. The number of hydrogen-bond acceptors (Lipinski definition) is 3. The Bertz CT molecular complexity index is 403. The Morgan fingerprint density at radius 3 is 3.00 bits per heavy atom. The van der Waals surface area contributed by atoms with E-state index in [1.54, 1.807) is 11.8 Å². The minimum absolute atomic E-state index is 0.0911. The van der Waals surface area contributed by atoms with Crippen molar-refractivity contribution in [2.24, 2.45) is 0 Å². The minimum Gasteiger partial charge on any atom is -0.492 e. The number of carbonyl (C=O) groups is 1. The smallest absolute Gasteiger partial charge is 0.237 e. The van der Waals surface area contributed by atoms with Crippen LogP contribution in [0.25, 0.3) is 0 Å². The number of rotatable bonds is 4. The van der Waals surface area contributed by atoms with E-state index in [0.29, 0.717) is 6.61 Å². The lowest BCUT2D eigenvalue weighted by Crippen LogP contribution is -2.27. The summed E-state index contributed by atoms with van der Waals surface area (Å²) in [4.78, 5) is 12.1. The van der Waals surface area contributed by atoms with Crippen LogP contribution in [0.15, 0.2) is 24.3 Å². The summed E-state index contributed by atoms with van der Waals surface area (Å²) in [6.07, 6.45) is 3.36. The third kappa shape index (κ3) is 3.42. The molecule has 1 unspecified atom stereocenters. The summed E-state index contributed by atoms with van der Waals surface area (Å²) in [6.45, 7) is 2.54. The van der Waals surface area contributed by atoms with E-state index in [1.807, 2.05) is 31.2 Å². The zero-order valence-corrected chi connectivity index (χ0v) is 11.5. The summed E-state index contributed by atoms with van der Waals surface area (Å²) in [7, 11) is 0. The molecule has 0 spiro atoms. The van der Waals surface area contributed by atoms with E-state index in [0.717, 1.165) is 30.0 Å². The summed E-state index contributed by atoms with van der Waals surface area (Å²) < 4.78 is 5.50. The van der Waals surface area contributed by atoms with Gasteiger partial charge in [-0.3, -0.25) is 4.79 Å². The van der Waals surface area contributed by atoms with E-state index >= 15 is 0 Å². The van der Waals surface area contributed by atoms with Crippen LogP contribution in [-0.2, 0) is 4.79 Å². The van der Waals surface area contributed by atoms with Crippen molar-refractivity contribution in [1.82, 2.24) is 0 Å². The number of hydrogen-bond donors (Lipinski definition) is 1. The molecule has 3 nitrogen and oxygen atoms in total. The van der Waals surface area contributed by atoms with E-state index in [9.17, 15) is 4.79 Å². The van der Waals surface area contributed by atoms with Gasteiger partial charge in [-0.15, -0.1) is 11.8 Å². The SMILES string of the molecule is CCOc1ccccc1NC(=O)C1CCCCS1. The average Bonchev–Trinajstić information content (AvgIpc) is 2.42. The molecule has 0 radical (unpaired) electrons. The predicted octanol–water partition coefficient (Wildman–Crippen LogP) is 3.31. The van der Waals surface area contributed by atoms with Gasteiger partial charge in [0.15, 0.2) is 0 Å². The Morgan fingerprint density at radius 1 is 1.44 bits per heavy atom. The number of thioether (sulfide) groups is 1. The Balaban J connectivity index is 2.01. The second kappa shape index (κ2) is 6.69. The van der Waals surface area contributed by atoms with Crippen LogP contribution in [0.3, 0.4) is 0 Å². The van der Waals surface area contributed by atoms with Crippen molar-refractivity contribution in [3.05, 3.63) is 24.3 Å². The van der Waals surface area contributed by atoms with Gasteiger partial charge in [0, 0.05) is 0 Å². The molecule has 1 aliphatic heterocycles. The molecule has 0 saturated carbocycles. The van der Waals surface area contributed by atoms with Gasteiger partial charge >= 0.3 is 0 Å². The first-order chi connectivity index (χ1) is 8.81. The van der Waals surface area contributed by atoms with Crippen molar-refractivity contribution in [3.63, 3.8) is 0 Å². The molecule has 1 aromatic carbocycles. The molecular weight excluding hydrogens is 246 g/mol. The molecule has 1 aromatic rings. The largest absolute Gasteiger partial charge is 0.492 e. The summed E-state index contributed by atoms with van der Waals surface area (Å²) in [5.41, 5.74) is 0.774. The summed E-state index contributed by atoms with van der Waals surface area (Å²) in [6, 6.07) is 7.59. The van der Waals surface area contributed by atoms with E-state index in [4.69, 9.17) is 4.74 Å². The van der Waals surface area contributed by atoms with Gasteiger partial charge in [-0.05, 0) is 37.7 Å². The lowest BCUT2D eigenvalue weighted by atomic mass is 10.1. The van der Waals surface area contributed by atoms with Gasteiger partial charge in [0.25, 0.3) is 0 Å². The molecule has 2 rings (SSSR count). The summed E-state index contributed by atoms with van der Waals surface area (Å²) in [5.74, 6) is 1.94. The van der Waals surface area contributed by atoms with E-state index in [1.165, 1.54) is 6.42 Å². The van der Waals surface area contributed by atoms with Gasteiger partial charge in [-0.2, -0.15) is 0 Å². The Labute approximate surface area is 112 Å². The predicted molar refractivity (Wildman–Crippen MR) is 76.3 cm³/mol. The van der Waals surface area contributed by atoms with Crippen LogP contribution in [0.5, 0.6) is 5.75 Å². The number of para-hydroxylation sites is 2. The Hall–Kier alpha value is -1.16. The normalized spacial score (nSPS) is 19.3. The summed E-state index contributed by atoms with van der Waals surface area (Å²) >= 11 is 1.76. The fourth-order valence-corrected chi connectivity index (χ4v) is 3.21. The maximum absolute atomic E-state index is 12.1. The van der Waals surface area contributed by atoms with Crippen molar-refractivity contribution in [2.75, 3.05) is 17.7 Å². The molecule has 1 aliphatic rings. The van der Waals surface area contributed by atoms with Crippen molar-refractivity contribution in [2.45, 2.75) is 31.4 Å². The lowest BCUT2D eigenvalue weighted by Gasteiger charge is -2.21. The van der Waals surface area contributed by atoms with Crippen LogP contribution in [0.2, 0.25) is 0 Å². The topological polar surface area (TPSA) is 38.3 Å². The molecule has 0 aliphatic carbocycles. The first-order valence-electron chi connectivity index (χ1n) is 6.45. The number of amides is 1. The standard InChI is InChI=1S/C14H19NO2S/c1-2-17-12-8-4-3-7-11(12)15-14(16)13-9-5-6-10-18-13/h3-4,7-8,13H,2,5-6,9-10H2,1H3,(H,15,16). The van der Waals surface area contributed by atoms with Gasteiger partial charge in [0.2, 0.25) is 5.91 Å². The van der Waals surface area contributed by atoms with Gasteiger partial charge in [-0.25, -0.2) is 0 Å². The number of anilines is 1. The second-order valence-electron chi connectivity index (χ2n) is 4.27. The molecule has 1 atom stereocenters. The highest BCUT2D eigenvalue weighted by Gasteiger charge is 2.22. The Kier molecular flexibility index (Phi) is 4.93. The van der Waals surface area contributed by atoms with Crippen LogP contribution >= 0.6 is 11.8 Å². The molecule has 1 saturated heterocycles. The van der Waals surface area contributed by atoms with Gasteiger partial charge < -0.3 is 10.1 Å². The van der Waals surface area contributed by atoms with E-state index in [2.05, 4.69) is 5.32 Å². The van der Waals surface area contributed by atoms with Crippen LogP contribution in [0, 0.1) is 0 Å². The lowest BCUT2D eigenvalue weighted by molar-refractivity contribution is -0.115. The zero-order chi connectivity index (χ0) is 12.8. The fraction of sp³-hybridized carbons (Fsp3) is 0.500. The maximum atomic E-state index is 12.1. The minimum atomic E-state index is 0.0911. The highest BCUT2D eigenvalue weighted by atomic mass is 32.2. The van der Waals surface area contributed by atoms with Crippen LogP contribution < -0.4 is 10.1 Å². The van der Waals surface area contributed by atoms with Gasteiger partial charge in [0.1, 0.15) is 5.75 Å². The highest BCUT2D eigenvalue weighted by molar-refractivity contribution is 8.00. The third-order valence-electron chi connectivity index (χ3n) is 2.92. The average molecular weight is 265 g/mol. The number of carbonyl (C=O) groups excluding carboxylic acids is 1. The van der Waals surface area contributed by atoms with Crippen LogP contribution in [0.1, 0.15) is 26.2 Å². The van der Waals surface area contributed by atoms with Gasteiger partial charge in [0.05, 0.1) is 17.5 Å². The first kappa shape index (κ1) is 13.3. The van der Waals surface area contributed by atoms with Crippen molar-refractivity contribution in [3.8, 4) is 5.75 Å². The molecule has 4 heteroatoms. The van der Waals surface area contributed by atoms with E-state index < -0.39 is 0 Å². The quantitative estimate of drug-likeness (QED) is 0.907. The van der Waals surface area contributed by atoms with Crippen LogP contribution in [0.4, 0.5) is 5.69 Å². The molecule has 98 valence electrons. The van der Waals surface area contributed by atoms with Gasteiger partial charge in [-0.1, -0.05) is 18.6 Å². The molecule has 0 bridgehead atoms. The zero-order valence-electron chi connectivity index (χ0n) is 10.6. The molecule has 18 heavy (non-hydrogen) atoms. The molecule has 0 aromatic heterocycles. The van der Waals surface area contributed by atoms with Crippen molar-refractivity contribution in [1.29, 1.82) is 0 Å². The number of nitrogens with one attached hydrogen (secondary N) is 1. The molecular formula is C14H19NO2S. The molecule has 1 heterocycles. The first-order valence-corrected chi connectivity index (χ1v) is 7.50. The highest BCUT2D eigenvalue weighted by Crippen LogP contribution is 2.28. The number of ether oxygens (including phenoxy) is 1. The van der Waals surface area contributed by atoms with Crippen molar-refractivity contribution < 1.29 is 9.53 Å². The van der Waals surface area contributed by atoms with Crippen LogP contribution in [-0.4, -0.2) is 23.5 Å². The molecule has 1 amide bonds. The van der Waals surface area contributed by atoms with Crippen molar-refractivity contribution >= 4 is 23.4 Å². The fourth-order valence-electron chi connectivity index (χ4n) is 2.01. The Morgan fingerprint density at radius 2 is 2.28 bits per heavy atom. The monoisotopic (exact) mass is 265 g/mol. The number of benzene rings is 1. The van der Waals surface area contributed by atoms with E-state index in [-0.39, 0.29) is 11.2 Å².